The summed E-state index contributed by atoms with van der Waals surface area (Å²) in [6, 6.07) is 10.3. The molecule has 0 radical (unpaired) electrons. The van der Waals surface area contributed by atoms with Crippen LogP contribution < -0.4 is 11.1 Å². The van der Waals surface area contributed by atoms with Crippen molar-refractivity contribution in [1.29, 1.82) is 0 Å². The van der Waals surface area contributed by atoms with E-state index in [2.05, 4.69) is 17.1 Å². The summed E-state index contributed by atoms with van der Waals surface area (Å²) in [5.74, 6) is 0.640. The zero-order valence-corrected chi connectivity index (χ0v) is 12.4. The summed E-state index contributed by atoms with van der Waals surface area (Å²) in [4.78, 5) is 14.3. The summed E-state index contributed by atoms with van der Waals surface area (Å²) in [6.07, 6.45) is 1.05. The molecule has 1 amide bonds. The summed E-state index contributed by atoms with van der Waals surface area (Å²) in [6.45, 7) is 6.42. The van der Waals surface area contributed by atoms with E-state index >= 15 is 0 Å². The molecule has 1 aliphatic rings. The molecular formula is C16H25N3O. The molecule has 4 heteroatoms. The van der Waals surface area contributed by atoms with E-state index in [1.54, 1.807) is 0 Å². The number of carbonyl (C=O) groups excluding carboxylic acids is 1. The van der Waals surface area contributed by atoms with E-state index in [9.17, 15) is 4.79 Å². The minimum absolute atomic E-state index is 0.0413. The summed E-state index contributed by atoms with van der Waals surface area (Å²) in [5.41, 5.74) is 7.14. The second-order valence-electron chi connectivity index (χ2n) is 5.99. The summed E-state index contributed by atoms with van der Waals surface area (Å²) >= 11 is 0. The number of hydrogen-bond acceptors (Lipinski definition) is 3. The van der Waals surface area contributed by atoms with Gasteiger partial charge in [0, 0.05) is 19.1 Å². The van der Waals surface area contributed by atoms with Gasteiger partial charge in [0.05, 0.1) is 12.6 Å². The summed E-state index contributed by atoms with van der Waals surface area (Å²) in [5, 5.41) is 3.05. The van der Waals surface area contributed by atoms with Crippen LogP contribution in [0.25, 0.3) is 0 Å². The van der Waals surface area contributed by atoms with Crippen LogP contribution in [0.15, 0.2) is 30.3 Å². The van der Waals surface area contributed by atoms with Crippen molar-refractivity contribution in [3.63, 3.8) is 0 Å². The molecule has 0 saturated carbocycles. The van der Waals surface area contributed by atoms with Gasteiger partial charge in [-0.3, -0.25) is 9.69 Å². The van der Waals surface area contributed by atoms with Gasteiger partial charge in [0.2, 0.25) is 5.91 Å². The van der Waals surface area contributed by atoms with E-state index in [0.29, 0.717) is 12.5 Å². The highest BCUT2D eigenvalue weighted by molar-refractivity contribution is 5.78. The molecule has 3 N–H and O–H groups in total. The van der Waals surface area contributed by atoms with Gasteiger partial charge >= 0.3 is 0 Å². The first-order chi connectivity index (χ1) is 9.54. The number of carbonyl (C=O) groups is 1. The Bertz CT molecular complexity index is 425. The predicted octanol–water partition coefficient (Wildman–Crippen LogP) is 1.53. The number of benzene rings is 1. The zero-order chi connectivity index (χ0) is 14.5. The van der Waals surface area contributed by atoms with Crippen LogP contribution in [-0.2, 0) is 4.79 Å². The van der Waals surface area contributed by atoms with Gasteiger partial charge in [0.1, 0.15) is 0 Å². The van der Waals surface area contributed by atoms with Crippen molar-refractivity contribution in [2.45, 2.75) is 32.4 Å². The largest absolute Gasteiger partial charge is 0.348 e. The van der Waals surface area contributed by atoms with Crippen LogP contribution in [-0.4, -0.2) is 36.5 Å². The highest BCUT2D eigenvalue weighted by Gasteiger charge is 2.23. The van der Waals surface area contributed by atoms with Crippen molar-refractivity contribution < 1.29 is 4.79 Å². The van der Waals surface area contributed by atoms with Crippen LogP contribution in [0.5, 0.6) is 0 Å². The molecule has 110 valence electrons. The lowest BCUT2D eigenvalue weighted by molar-refractivity contribution is -0.123. The van der Waals surface area contributed by atoms with Gasteiger partial charge in [-0.1, -0.05) is 37.3 Å². The molecule has 1 aromatic rings. The van der Waals surface area contributed by atoms with E-state index in [4.69, 9.17) is 5.73 Å². The second kappa shape index (κ2) is 6.86. The SMILES string of the molecule is CC1CC(N)CN(CC(=O)NC(C)c2ccccc2)C1. The Morgan fingerprint density at radius 2 is 2.10 bits per heavy atom. The Labute approximate surface area is 121 Å². The molecule has 4 nitrogen and oxygen atoms in total. The van der Waals surface area contributed by atoms with Crippen molar-refractivity contribution in [2.75, 3.05) is 19.6 Å². The van der Waals surface area contributed by atoms with Crippen molar-refractivity contribution in [1.82, 2.24) is 10.2 Å². The fourth-order valence-corrected chi connectivity index (χ4v) is 2.96. The van der Waals surface area contributed by atoms with Gasteiger partial charge in [-0.15, -0.1) is 0 Å². The van der Waals surface area contributed by atoms with Crippen molar-refractivity contribution in [2.24, 2.45) is 11.7 Å². The second-order valence-corrected chi connectivity index (χ2v) is 5.99. The maximum Gasteiger partial charge on any atom is 0.234 e. The average molecular weight is 275 g/mol. The van der Waals surface area contributed by atoms with Gasteiger partial charge in [-0.25, -0.2) is 0 Å². The van der Waals surface area contributed by atoms with E-state index in [-0.39, 0.29) is 18.0 Å². The molecule has 2 rings (SSSR count). The molecule has 1 fully saturated rings. The smallest absolute Gasteiger partial charge is 0.234 e. The van der Waals surface area contributed by atoms with Gasteiger partial charge in [-0.2, -0.15) is 0 Å². The Kier molecular flexibility index (Phi) is 5.15. The normalized spacial score (nSPS) is 25.1. The molecule has 3 atom stereocenters. The monoisotopic (exact) mass is 275 g/mol. The third-order valence-corrected chi connectivity index (χ3v) is 3.81. The van der Waals surface area contributed by atoms with Crippen molar-refractivity contribution in [3.05, 3.63) is 35.9 Å². The molecule has 1 aromatic carbocycles. The number of amides is 1. The molecule has 1 aliphatic heterocycles. The third-order valence-electron chi connectivity index (χ3n) is 3.81. The Morgan fingerprint density at radius 1 is 1.40 bits per heavy atom. The standard InChI is InChI=1S/C16H25N3O/c1-12-8-15(17)10-19(9-12)11-16(20)18-13(2)14-6-4-3-5-7-14/h3-7,12-13,15H,8-11,17H2,1-2H3,(H,18,20). The molecular weight excluding hydrogens is 250 g/mol. The topological polar surface area (TPSA) is 58.4 Å². The maximum atomic E-state index is 12.1. The first-order valence-corrected chi connectivity index (χ1v) is 7.37. The lowest BCUT2D eigenvalue weighted by Crippen LogP contribution is -2.49. The summed E-state index contributed by atoms with van der Waals surface area (Å²) < 4.78 is 0. The van der Waals surface area contributed by atoms with E-state index < -0.39 is 0 Å². The highest BCUT2D eigenvalue weighted by atomic mass is 16.2. The van der Waals surface area contributed by atoms with Crippen LogP contribution in [0.2, 0.25) is 0 Å². The third kappa shape index (κ3) is 4.32. The maximum absolute atomic E-state index is 12.1. The lowest BCUT2D eigenvalue weighted by Gasteiger charge is -2.34. The Morgan fingerprint density at radius 3 is 2.75 bits per heavy atom. The number of nitrogens with two attached hydrogens (primary N) is 1. The van der Waals surface area contributed by atoms with Crippen LogP contribution in [0, 0.1) is 5.92 Å². The lowest BCUT2D eigenvalue weighted by atomic mass is 9.96. The number of nitrogens with one attached hydrogen (secondary N) is 1. The minimum Gasteiger partial charge on any atom is -0.348 e. The van der Waals surface area contributed by atoms with E-state index in [1.807, 2.05) is 37.3 Å². The van der Waals surface area contributed by atoms with Gasteiger partial charge < -0.3 is 11.1 Å². The molecule has 0 aromatic heterocycles. The fourth-order valence-electron chi connectivity index (χ4n) is 2.96. The van der Waals surface area contributed by atoms with Crippen molar-refractivity contribution in [3.8, 4) is 0 Å². The Balaban J connectivity index is 1.83. The predicted molar refractivity (Wildman–Crippen MR) is 81.2 cm³/mol. The first kappa shape index (κ1) is 15.0. The molecule has 0 bridgehead atoms. The van der Waals surface area contributed by atoms with Crippen LogP contribution in [0.3, 0.4) is 0 Å². The number of piperidine rings is 1. The summed E-state index contributed by atoms with van der Waals surface area (Å²) in [7, 11) is 0. The molecule has 0 spiro atoms. The Hall–Kier alpha value is -1.39. The van der Waals surface area contributed by atoms with E-state index in [1.165, 1.54) is 0 Å². The van der Waals surface area contributed by atoms with E-state index in [0.717, 1.165) is 25.1 Å². The van der Waals surface area contributed by atoms with Crippen LogP contribution >= 0.6 is 0 Å². The molecule has 0 aliphatic carbocycles. The van der Waals surface area contributed by atoms with Crippen LogP contribution in [0.1, 0.15) is 31.9 Å². The number of nitrogens with zero attached hydrogens (tertiary/aromatic N) is 1. The number of rotatable bonds is 4. The van der Waals surface area contributed by atoms with Gasteiger partial charge in [0.25, 0.3) is 0 Å². The molecule has 20 heavy (non-hydrogen) atoms. The molecule has 1 saturated heterocycles. The van der Waals surface area contributed by atoms with Gasteiger partial charge in [0.15, 0.2) is 0 Å². The zero-order valence-electron chi connectivity index (χ0n) is 12.4. The van der Waals surface area contributed by atoms with Crippen molar-refractivity contribution >= 4 is 5.91 Å². The fraction of sp³-hybridized carbons (Fsp3) is 0.562. The quantitative estimate of drug-likeness (QED) is 0.876. The average Bonchev–Trinajstić information content (AvgIpc) is 2.38. The first-order valence-electron chi connectivity index (χ1n) is 7.37. The highest BCUT2D eigenvalue weighted by Crippen LogP contribution is 2.15. The number of likely N-dealkylation sites (tertiary alicyclic amines) is 1. The van der Waals surface area contributed by atoms with Gasteiger partial charge in [-0.05, 0) is 24.8 Å². The number of hydrogen-bond donors (Lipinski definition) is 2. The molecule has 1 heterocycles. The molecule has 3 unspecified atom stereocenters. The minimum atomic E-state index is 0.0413. The van der Waals surface area contributed by atoms with Crippen LogP contribution in [0.4, 0.5) is 0 Å².